The first-order valence-corrected chi connectivity index (χ1v) is 8.81. The molecular formula is C20H19FN4O. The Kier molecular flexibility index (Phi) is 4.48. The minimum Gasteiger partial charge on any atom is -0.322 e. The lowest BCUT2D eigenvalue weighted by Crippen LogP contribution is -2.12. The molecule has 0 unspecified atom stereocenters. The van der Waals surface area contributed by atoms with Gasteiger partial charge in [0.15, 0.2) is 5.82 Å². The smallest absolute Gasteiger partial charge is 0.255 e. The van der Waals surface area contributed by atoms with Crippen molar-refractivity contribution in [3.05, 3.63) is 65.7 Å². The van der Waals surface area contributed by atoms with Crippen LogP contribution in [-0.4, -0.2) is 20.7 Å². The largest absolute Gasteiger partial charge is 0.322 e. The normalized spacial score (nSPS) is 13.7. The fourth-order valence-corrected chi connectivity index (χ4v) is 3.25. The second kappa shape index (κ2) is 7.07. The van der Waals surface area contributed by atoms with E-state index in [2.05, 4.69) is 15.5 Å². The lowest BCUT2D eigenvalue weighted by atomic mass is 10.1. The highest BCUT2D eigenvalue weighted by Gasteiger charge is 2.19. The lowest BCUT2D eigenvalue weighted by molar-refractivity contribution is 0.102. The zero-order chi connectivity index (χ0) is 17.9. The van der Waals surface area contributed by atoms with Crippen LogP contribution in [0.2, 0.25) is 0 Å². The molecule has 1 aromatic heterocycles. The van der Waals surface area contributed by atoms with Gasteiger partial charge in [-0.1, -0.05) is 24.6 Å². The molecule has 0 saturated heterocycles. The highest BCUT2D eigenvalue weighted by Crippen LogP contribution is 2.27. The monoisotopic (exact) mass is 350 g/mol. The van der Waals surface area contributed by atoms with Gasteiger partial charge in [0.1, 0.15) is 11.6 Å². The van der Waals surface area contributed by atoms with E-state index in [1.54, 1.807) is 36.4 Å². The van der Waals surface area contributed by atoms with Crippen molar-refractivity contribution in [3.63, 3.8) is 0 Å². The van der Waals surface area contributed by atoms with E-state index in [9.17, 15) is 9.18 Å². The number of anilines is 1. The standard InChI is InChI=1S/C20H19FN4O/c21-17-11-10-15(22-20(26)14-7-3-1-4-8-14)13-16(17)19-24-23-18-9-5-2-6-12-25(18)19/h1,3-4,7-8,10-11,13H,2,5-6,9,12H2,(H,22,26). The summed E-state index contributed by atoms with van der Waals surface area (Å²) in [5, 5.41) is 11.3. The van der Waals surface area contributed by atoms with Crippen molar-refractivity contribution in [1.82, 2.24) is 14.8 Å². The van der Waals surface area contributed by atoms with Crippen LogP contribution in [0.4, 0.5) is 10.1 Å². The van der Waals surface area contributed by atoms with Gasteiger partial charge in [-0.25, -0.2) is 4.39 Å². The van der Waals surface area contributed by atoms with Crippen LogP contribution in [0.3, 0.4) is 0 Å². The second-order valence-electron chi connectivity index (χ2n) is 6.42. The zero-order valence-corrected chi connectivity index (χ0v) is 14.3. The number of aryl methyl sites for hydroxylation is 1. The lowest BCUT2D eigenvalue weighted by Gasteiger charge is -2.10. The topological polar surface area (TPSA) is 59.8 Å². The zero-order valence-electron chi connectivity index (χ0n) is 14.3. The molecule has 0 aliphatic carbocycles. The maximum absolute atomic E-state index is 14.5. The third-order valence-corrected chi connectivity index (χ3v) is 4.61. The molecule has 0 fully saturated rings. The SMILES string of the molecule is O=C(Nc1ccc(F)c(-c2nnc3n2CCCCC3)c1)c1ccccc1. The summed E-state index contributed by atoms with van der Waals surface area (Å²) in [6.07, 6.45) is 4.11. The van der Waals surface area contributed by atoms with E-state index < -0.39 is 0 Å². The molecule has 6 heteroatoms. The van der Waals surface area contributed by atoms with Crippen LogP contribution >= 0.6 is 0 Å². The molecule has 0 radical (unpaired) electrons. The van der Waals surface area contributed by atoms with Gasteiger partial charge in [0.25, 0.3) is 5.91 Å². The fraction of sp³-hybridized carbons (Fsp3) is 0.250. The molecule has 0 saturated carbocycles. The Labute approximate surface area is 150 Å². The third kappa shape index (κ3) is 3.22. The van der Waals surface area contributed by atoms with Gasteiger partial charge in [-0.3, -0.25) is 4.79 Å². The predicted molar refractivity (Wildman–Crippen MR) is 97.4 cm³/mol. The van der Waals surface area contributed by atoms with Gasteiger partial charge in [-0.2, -0.15) is 0 Å². The van der Waals surface area contributed by atoms with E-state index in [0.717, 1.165) is 38.1 Å². The number of carbonyl (C=O) groups excluding carboxylic acids is 1. The third-order valence-electron chi connectivity index (χ3n) is 4.61. The Hall–Kier alpha value is -3.02. The van der Waals surface area contributed by atoms with Crippen molar-refractivity contribution in [2.24, 2.45) is 0 Å². The quantitative estimate of drug-likeness (QED) is 0.775. The van der Waals surface area contributed by atoms with Crippen molar-refractivity contribution in [3.8, 4) is 11.4 Å². The van der Waals surface area contributed by atoms with Crippen molar-refractivity contribution < 1.29 is 9.18 Å². The fourth-order valence-electron chi connectivity index (χ4n) is 3.25. The first-order valence-electron chi connectivity index (χ1n) is 8.81. The molecule has 0 bridgehead atoms. The van der Waals surface area contributed by atoms with Crippen LogP contribution in [0.5, 0.6) is 0 Å². The van der Waals surface area contributed by atoms with E-state index in [0.29, 0.717) is 22.6 Å². The van der Waals surface area contributed by atoms with Crippen LogP contribution in [0.1, 0.15) is 35.4 Å². The Morgan fingerprint density at radius 1 is 1.04 bits per heavy atom. The van der Waals surface area contributed by atoms with Gasteiger partial charge >= 0.3 is 0 Å². The molecular weight excluding hydrogens is 331 g/mol. The molecule has 1 amide bonds. The molecule has 0 atom stereocenters. The van der Waals surface area contributed by atoms with Crippen LogP contribution in [0, 0.1) is 5.82 Å². The van der Waals surface area contributed by atoms with Crippen molar-refractivity contribution >= 4 is 11.6 Å². The molecule has 1 N–H and O–H groups in total. The van der Waals surface area contributed by atoms with E-state index in [4.69, 9.17) is 0 Å². The summed E-state index contributed by atoms with van der Waals surface area (Å²) in [6, 6.07) is 13.5. The van der Waals surface area contributed by atoms with Crippen LogP contribution < -0.4 is 5.32 Å². The number of amides is 1. The van der Waals surface area contributed by atoms with Gasteiger partial charge in [0.2, 0.25) is 0 Å². The highest BCUT2D eigenvalue weighted by molar-refractivity contribution is 6.04. The number of fused-ring (bicyclic) bond motifs is 1. The molecule has 2 heterocycles. The second-order valence-corrected chi connectivity index (χ2v) is 6.42. The van der Waals surface area contributed by atoms with Gasteiger partial charge < -0.3 is 9.88 Å². The number of hydrogen-bond donors (Lipinski definition) is 1. The molecule has 4 rings (SSSR count). The predicted octanol–water partition coefficient (Wildman–Crippen LogP) is 4.06. The van der Waals surface area contributed by atoms with Crippen molar-refractivity contribution in [1.29, 1.82) is 0 Å². The number of hydrogen-bond acceptors (Lipinski definition) is 3. The van der Waals surface area contributed by atoms with Gasteiger partial charge in [-0.05, 0) is 43.2 Å². The summed E-state index contributed by atoms with van der Waals surface area (Å²) >= 11 is 0. The van der Waals surface area contributed by atoms with E-state index in [1.165, 1.54) is 6.07 Å². The van der Waals surface area contributed by atoms with Crippen LogP contribution in [-0.2, 0) is 13.0 Å². The number of carbonyl (C=O) groups is 1. The molecule has 5 nitrogen and oxygen atoms in total. The molecule has 132 valence electrons. The average molecular weight is 350 g/mol. The van der Waals surface area contributed by atoms with Gasteiger partial charge in [0, 0.05) is 24.2 Å². The summed E-state index contributed by atoms with van der Waals surface area (Å²) in [6.45, 7) is 0.789. The molecule has 26 heavy (non-hydrogen) atoms. The summed E-state index contributed by atoms with van der Waals surface area (Å²) in [7, 11) is 0. The average Bonchev–Trinajstić information content (AvgIpc) is 2.92. The highest BCUT2D eigenvalue weighted by atomic mass is 19.1. The molecule has 1 aliphatic heterocycles. The number of benzene rings is 2. The Morgan fingerprint density at radius 3 is 2.73 bits per heavy atom. The van der Waals surface area contributed by atoms with E-state index in [1.807, 2.05) is 10.6 Å². The van der Waals surface area contributed by atoms with Crippen LogP contribution in [0.15, 0.2) is 48.5 Å². The van der Waals surface area contributed by atoms with E-state index >= 15 is 0 Å². The molecule has 3 aromatic rings. The summed E-state index contributed by atoms with van der Waals surface area (Å²) < 4.78 is 16.5. The molecule has 1 aliphatic rings. The minimum atomic E-state index is -0.373. The maximum atomic E-state index is 14.5. The first-order chi connectivity index (χ1) is 12.7. The molecule has 2 aromatic carbocycles. The summed E-state index contributed by atoms with van der Waals surface area (Å²) in [5.74, 6) is 0.816. The number of nitrogens with one attached hydrogen (secondary N) is 1. The van der Waals surface area contributed by atoms with Gasteiger partial charge in [-0.15, -0.1) is 10.2 Å². The van der Waals surface area contributed by atoms with E-state index in [-0.39, 0.29) is 11.7 Å². The minimum absolute atomic E-state index is 0.233. The molecule has 0 spiro atoms. The number of aromatic nitrogens is 3. The number of rotatable bonds is 3. The maximum Gasteiger partial charge on any atom is 0.255 e. The summed E-state index contributed by atoms with van der Waals surface area (Å²) in [5.41, 5.74) is 1.44. The first kappa shape index (κ1) is 16.4. The summed E-state index contributed by atoms with van der Waals surface area (Å²) in [4.78, 5) is 12.3. The number of nitrogens with zero attached hydrogens (tertiary/aromatic N) is 3. The van der Waals surface area contributed by atoms with Gasteiger partial charge in [0.05, 0.1) is 5.56 Å². The number of halogens is 1. The van der Waals surface area contributed by atoms with Crippen molar-refractivity contribution in [2.45, 2.75) is 32.2 Å². The van der Waals surface area contributed by atoms with Crippen LogP contribution in [0.25, 0.3) is 11.4 Å². The van der Waals surface area contributed by atoms with Crippen molar-refractivity contribution in [2.75, 3.05) is 5.32 Å². The Morgan fingerprint density at radius 2 is 1.88 bits per heavy atom. The Balaban J connectivity index is 1.65. The Bertz CT molecular complexity index is 936.